The van der Waals surface area contributed by atoms with Crippen molar-refractivity contribution in [2.45, 2.75) is 26.1 Å². The van der Waals surface area contributed by atoms with Crippen LogP contribution in [0.3, 0.4) is 0 Å². The summed E-state index contributed by atoms with van der Waals surface area (Å²) in [5.74, 6) is -3.95. The highest BCUT2D eigenvalue weighted by atomic mass is 19.1. The third-order valence-corrected chi connectivity index (χ3v) is 3.98. The van der Waals surface area contributed by atoms with E-state index in [-0.39, 0.29) is 29.0 Å². The molecule has 1 saturated heterocycles. The fourth-order valence-corrected chi connectivity index (χ4v) is 2.68. The van der Waals surface area contributed by atoms with E-state index in [2.05, 4.69) is 5.32 Å². The van der Waals surface area contributed by atoms with Gasteiger partial charge in [0.1, 0.15) is 5.82 Å². The molecule has 0 atom stereocenters. The molecule has 1 N–H and O–H groups in total. The number of halogens is 1. The minimum Gasteiger partial charge on any atom is -0.419 e. The summed E-state index contributed by atoms with van der Waals surface area (Å²) < 4.78 is 23.7. The van der Waals surface area contributed by atoms with Gasteiger partial charge in [0.25, 0.3) is 5.79 Å². The van der Waals surface area contributed by atoms with E-state index in [4.69, 9.17) is 9.47 Å². The van der Waals surface area contributed by atoms with Crippen LogP contribution in [0.25, 0.3) is 0 Å². The first-order valence-corrected chi connectivity index (χ1v) is 8.55. The first-order valence-electron chi connectivity index (χ1n) is 8.55. The Balaban J connectivity index is 1.84. The van der Waals surface area contributed by atoms with Gasteiger partial charge in [0.2, 0.25) is 0 Å². The minimum absolute atomic E-state index is 0.0772. The van der Waals surface area contributed by atoms with Crippen molar-refractivity contribution in [2.75, 3.05) is 5.32 Å². The second-order valence-electron chi connectivity index (χ2n) is 6.66. The van der Waals surface area contributed by atoms with E-state index in [1.807, 2.05) is 6.07 Å². The molecule has 0 unspecified atom stereocenters. The molecule has 1 aliphatic rings. The van der Waals surface area contributed by atoms with Crippen LogP contribution in [0.15, 0.2) is 60.3 Å². The molecule has 0 saturated carbocycles. The Labute approximate surface area is 161 Å². The normalized spacial score (nSPS) is 15.5. The van der Waals surface area contributed by atoms with Crippen LogP contribution in [0.5, 0.6) is 0 Å². The van der Waals surface area contributed by atoms with E-state index in [0.717, 1.165) is 17.8 Å². The molecule has 1 fully saturated rings. The number of rotatable bonds is 5. The quantitative estimate of drug-likeness (QED) is 0.369. The number of ether oxygens (including phenoxy) is 2. The Morgan fingerprint density at radius 1 is 1.07 bits per heavy atom. The summed E-state index contributed by atoms with van der Waals surface area (Å²) in [5, 5.41) is 2.71. The van der Waals surface area contributed by atoms with Crippen molar-refractivity contribution >= 4 is 23.4 Å². The molecule has 6 nitrogen and oxygen atoms in total. The fourth-order valence-electron chi connectivity index (χ4n) is 2.68. The first-order chi connectivity index (χ1) is 13.2. The summed E-state index contributed by atoms with van der Waals surface area (Å²) in [6.45, 7) is 2.88. The number of esters is 2. The highest BCUT2D eigenvalue weighted by Crippen LogP contribution is 2.24. The molecule has 2 aromatic rings. The van der Waals surface area contributed by atoms with Gasteiger partial charge in [0.15, 0.2) is 11.4 Å². The number of carbonyl (C=O) groups is 3. The van der Waals surface area contributed by atoms with Gasteiger partial charge in [-0.15, -0.1) is 0 Å². The summed E-state index contributed by atoms with van der Waals surface area (Å²) in [7, 11) is 0. The van der Waals surface area contributed by atoms with Gasteiger partial charge in [-0.3, -0.25) is 4.79 Å². The van der Waals surface area contributed by atoms with Crippen LogP contribution in [-0.2, 0) is 25.5 Å². The van der Waals surface area contributed by atoms with Gasteiger partial charge in [-0.1, -0.05) is 30.3 Å². The second kappa shape index (κ2) is 7.64. The van der Waals surface area contributed by atoms with E-state index in [0.29, 0.717) is 0 Å². The average molecular weight is 383 g/mol. The lowest BCUT2D eigenvalue weighted by Crippen LogP contribution is -2.42. The maximum atomic E-state index is 13.7. The maximum absolute atomic E-state index is 13.7. The lowest BCUT2D eigenvalue weighted by atomic mass is 10.0. The third-order valence-electron chi connectivity index (χ3n) is 3.98. The van der Waals surface area contributed by atoms with Crippen LogP contribution in [0.1, 0.15) is 29.8 Å². The number of hydrogen-bond donors (Lipinski definition) is 1. The summed E-state index contributed by atoms with van der Waals surface area (Å²) in [5.41, 5.74) is 0.770. The Bertz CT molecular complexity index is 944. The molecule has 7 heteroatoms. The molecule has 1 heterocycles. The van der Waals surface area contributed by atoms with Crippen LogP contribution < -0.4 is 5.32 Å². The molecule has 144 valence electrons. The molecule has 0 amide bonds. The smallest absolute Gasteiger partial charge is 0.350 e. The highest BCUT2D eigenvalue weighted by Gasteiger charge is 2.39. The molecule has 2 aromatic carbocycles. The summed E-state index contributed by atoms with van der Waals surface area (Å²) in [6, 6.07) is 12.7. The number of Topliss-reactive ketones (excluding diaryl/α,β-unsaturated/α-hetero) is 1. The monoisotopic (exact) mass is 383 g/mol. The van der Waals surface area contributed by atoms with Gasteiger partial charge in [-0.2, -0.15) is 0 Å². The van der Waals surface area contributed by atoms with E-state index < -0.39 is 23.5 Å². The topological polar surface area (TPSA) is 81.7 Å². The zero-order valence-electron chi connectivity index (χ0n) is 15.3. The van der Waals surface area contributed by atoms with Crippen molar-refractivity contribution in [3.8, 4) is 0 Å². The maximum Gasteiger partial charge on any atom is 0.350 e. The third kappa shape index (κ3) is 4.43. The van der Waals surface area contributed by atoms with E-state index in [1.165, 1.54) is 26.0 Å². The highest BCUT2D eigenvalue weighted by molar-refractivity contribution is 6.15. The lowest BCUT2D eigenvalue weighted by Gasteiger charge is -2.29. The number of anilines is 1. The van der Waals surface area contributed by atoms with Crippen molar-refractivity contribution in [1.29, 1.82) is 0 Å². The number of hydrogen-bond acceptors (Lipinski definition) is 6. The summed E-state index contributed by atoms with van der Waals surface area (Å²) >= 11 is 0. The second-order valence-corrected chi connectivity index (χ2v) is 6.66. The minimum atomic E-state index is -1.35. The molecular formula is C21H18FNO5. The number of benzene rings is 2. The van der Waals surface area contributed by atoms with Gasteiger partial charge in [0.05, 0.1) is 0 Å². The lowest BCUT2D eigenvalue weighted by molar-refractivity contribution is -0.222. The van der Waals surface area contributed by atoms with Gasteiger partial charge < -0.3 is 14.8 Å². The van der Waals surface area contributed by atoms with E-state index >= 15 is 0 Å². The zero-order chi connectivity index (χ0) is 20.3. The molecule has 0 spiro atoms. The molecule has 0 radical (unpaired) electrons. The van der Waals surface area contributed by atoms with Crippen molar-refractivity contribution in [3.05, 3.63) is 77.2 Å². The molecule has 1 aliphatic heterocycles. The Morgan fingerprint density at radius 2 is 1.71 bits per heavy atom. The van der Waals surface area contributed by atoms with E-state index in [9.17, 15) is 18.8 Å². The van der Waals surface area contributed by atoms with Crippen molar-refractivity contribution in [2.24, 2.45) is 0 Å². The molecule has 3 rings (SSSR count). The predicted molar refractivity (Wildman–Crippen MR) is 98.8 cm³/mol. The summed E-state index contributed by atoms with van der Waals surface area (Å²) in [6.07, 6.45) is 1.17. The van der Waals surface area contributed by atoms with Crippen molar-refractivity contribution in [1.82, 2.24) is 0 Å². The van der Waals surface area contributed by atoms with Crippen LogP contribution >= 0.6 is 0 Å². The Kier molecular flexibility index (Phi) is 5.26. The molecule has 0 aromatic heterocycles. The van der Waals surface area contributed by atoms with E-state index in [1.54, 1.807) is 24.3 Å². The summed E-state index contributed by atoms with van der Waals surface area (Å²) in [4.78, 5) is 36.6. The first kappa shape index (κ1) is 19.3. The Hall–Kier alpha value is -3.48. The largest absolute Gasteiger partial charge is 0.419 e. The SMILES string of the molecule is CC1(C)OC(=O)C(=CNc2ccc(F)cc2C(=O)Cc2ccccc2)C(=O)O1. The number of cyclic esters (lactones) is 2. The van der Waals surface area contributed by atoms with Crippen molar-refractivity contribution in [3.63, 3.8) is 0 Å². The molecule has 28 heavy (non-hydrogen) atoms. The van der Waals surface area contributed by atoms with Crippen LogP contribution in [0.2, 0.25) is 0 Å². The van der Waals surface area contributed by atoms with Gasteiger partial charge in [0, 0.05) is 37.7 Å². The van der Waals surface area contributed by atoms with Gasteiger partial charge in [-0.05, 0) is 23.8 Å². The molecule has 0 aliphatic carbocycles. The molecule has 0 bridgehead atoms. The zero-order valence-corrected chi connectivity index (χ0v) is 15.3. The number of carbonyl (C=O) groups excluding carboxylic acids is 3. The van der Waals surface area contributed by atoms with Crippen molar-refractivity contribution < 1.29 is 28.2 Å². The van der Waals surface area contributed by atoms with Gasteiger partial charge in [-0.25, -0.2) is 14.0 Å². The van der Waals surface area contributed by atoms with Crippen LogP contribution in [0, 0.1) is 5.82 Å². The fraction of sp³-hybridized carbons (Fsp3) is 0.190. The number of nitrogens with one attached hydrogen (secondary N) is 1. The number of ketones is 1. The van der Waals surface area contributed by atoms with Gasteiger partial charge >= 0.3 is 11.9 Å². The Morgan fingerprint density at radius 3 is 2.36 bits per heavy atom. The van der Waals surface area contributed by atoms with Crippen LogP contribution in [0.4, 0.5) is 10.1 Å². The van der Waals surface area contributed by atoms with Crippen LogP contribution in [-0.4, -0.2) is 23.5 Å². The predicted octanol–water partition coefficient (Wildman–Crippen LogP) is 3.38. The average Bonchev–Trinajstić information content (AvgIpc) is 2.62. The molecular weight excluding hydrogens is 365 g/mol. The standard InChI is InChI=1S/C21H18FNO5/c1-21(2)27-19(25)16(20(26)28-21)12-23-17-9-8-14(22)11-15(17)18(24)10-13-6-4-3-5-7-13/h3-9,11-12,23H,10H2,1-2H3.